The average Bonchev–Trinajstić information content (AvgIpc) is 2.60. The van der Waals surface area contributed by atoms with E-state index in [0.29, 0.717) is 29.1 Å². The van der Waals surface area contributed by atoms with Gasteiger partial charge in [-0.25, -0.2) is 0 Å². The van der Waals surface area contributed by atoms with Crippen LogP contribution in [0.3, 0.4) is 0 Å². The van der Waals surface area contributed by atoms with Crippen molar-refractivity contribution < 1.29 is 14.5 Å². The summed E-state index contributed by atoms with van der Waals surface area (Å²) in [5.41, 5.74) is 1.08. The van der Waals surface area contributed by atoms with Gasteiger partial charge in [-0.1, -0.05) is 0 Å². The fourth-order valence-corrected chi connectivity index (χ4v) is 2.14. The molecule has 3 aromatic rings. The standard InChI is InChI=1S/C15H17N6O3/c1-16-7-8-24-12-4-5-13-14(9-12)20(22)15(19-21(13)23)18-11-3-2-6-17-10-11/h2-6,9-10,16,22H,7-8H2,1H3,(H,18,19,23)/q+1. The molecule has 0 spiro atoms. The van der Waals surface area contributed by atoms with E-state index in [1.165, 1.54) is 0 Å². The van der Waals surface area contributed by atoms with E-state index in [4.69, 9.17) is 4.74 Å². The number of nitrogens with zero attached hydrogens (tertiary/aromatic N) is 4. The van der Waals surface area contributed by atoms with Crippen molar-refractivity contribution >= 4 is 22.7 Å². The Hall–Kier alpha value is -3.20. The largest absolute Gasteiger partial charge is 0.492 e. The molecule has 0 atom stereocenters. The van der Waals surface area contributed by atoms with Gasteiger partial charge in [-0.2, -0.15) is 0 Å². The van der Waals surface area contributed by atoms with Crippen LogP contribution in [0.2, 0.25) is 0 Å². The van der Waals surface area contributed by atoms with Gasteiger partial charge in [0.1, 0.15) is 12.4 Å². The van der Waals surface area contributed by atoms with E-state index in [1.807, 2.05) is 7.05 Å². The smallest absolute Gasteiger partial charge is 0.322 e. The highest BCUT2D eigenvalue weighted by Gasteiger charge is 2.18. The first-order valence-corrected chi connectivity index (χ1v) is 7.32. The quantitative estimate of drug-likeness (QED) is 0.351. The molecule has 9 heteroatoms. The second-order valence-corrected chi connectivity index (χ2v) is 4.98. The fourth-order valence-electron chi connectivity index (χ4n) is 2.14. The summed E-state index contributed by atoms with van der Waals surface area (Å²) in [4.78, 5) is 16.0. The third kappa shape index (κ3) is 3.25. The van der Waals surface area contributed by atoms with E-state index in [2.05, 4.69) is 20.7 Å². The molecule has 0 aliphatic heterocycles. The number of rotatable bonds is 6. The van der Waals surface area contributed by atoms with Crippen molar-refractivity contribution in [3.8, 4) is 5.75 Å². The van der Waals surface area contributed by atoms with Crippen molar-refractivity contribution in [2.45, 2.75) is 0 Å². The van der Waals surface area contributed by atoms with Gasteiger partial charge in [0.25, 0.3) is 0 Å². The zero-order valence-corrected chi connectivity index (χ0v) is 13.0. The molecule has 1 aromatic carbocycles. The number of likely N-dealkylation sites (N-methyl/N-ethyl adjacent to an activating group) is 1. The maximum absolute atomic E-state index is 12.1. The summed E-state index contributed by atoms with van der Waals surface area (Å²) in [7, 11) is 1.83. The normalized spacial score (nSPS) is 10.7. The van der Waals surface area contributed by atoms with Gasteiger partial charge in [0, 0.05) is 24.9 Å². The number of hydrogen-bond donors (Lipinski definition) is 3. The molecule has 124 valence electrons. The second-order valence-electron chi connectivity index (χ2n) is 4.98. The molecule has 0 amide bonds. The van der Waals surface area contributed by atoms with E-state index in [1.54, 1.807) is 42.7 Å². The van der Waals surface area contributed by atoms with Gasteiger partial charge in [0.2, 0.25) is 0 Å². The lowest BCUT2D eigenvalue weighted by molar-refractivity contribution is -0.535. The van der Waals surface area contributed by atoms with Gasteiger partial charge < -0.3 is 20.6 Å². The summed E-state index contributed by atoms with van der Waals surface area (Å²) in [6, 6.07) is 8.25. The van der Waals surface area contributed by atoms with Crippen LogP contribution in [0.5, 0.6) is 5.75 Å². The average molecular weight is 329 g/mol. The lowest BCUT2D eigenvalue weighted by Crippen LogP contribution is -2.26. The Morgan fingerprint density at radius 1 is 1.38 bits per heavy atom. The molecule has 0 saturated heterocycles. The molecule has 9 nitrogen and oxygen atoms in total. The van der Waals surface area contributed by atoms with E-state index in [9.17, 15) is 10.1 Å². The Morgan fingerprint density at radius 3 is 3.00 bits per heavy atom. The van der Waals surface area contributed by atoms with Crippen molar-refractivity contribution in [2.75, 3.05) is 25.5 Å². The number of aromatic nitrogens is 4. The Bertz CT molecular complexity index is 897. The Balaban J connectivity index is 1.99. The van der Waals surface area contributed by atoms with Crippen LogP contribution >= 0.6 is 0 Å². The van der Waals surface area contributed by atoms with Crippen LogP contribution in [0.1, 0.15) is 0 Å². The predicted octanol–water partition coefficient (Wildman–Crippen LogP) is 0.925. The van der Waals surface area contributed by atoms with Crippen LogP contribution < -0.4 is 19.9 Å². The highest BCUT2D eigenvalue weighted by Crippen LogP contribution is 2.20. The van der Waals surface area contributed by atoms with Gasteiger partial charge >= 0.3 is 11.5 Å². The minimum Gasteiger partial charge on any atom is -0.492 e. The van der Waals surface area contributed by atoms with E-state index >= 15 is 0 Å². The van der Waals surface area contributed by atoms with Crippen molar-refractivity contribution in [3.63, 3.8) is 0 Å². The Kier molecular flexibility index (Phi) is 4.52. The molecule has 2 heterocycles. The summed E-state index contributed by atoms with van der Waals surface area (Å²) in [5, 5.41) is 20.0. The van der Waals surface area contributed by atoms with Crippen molar-refractivity contribution in [3.05, 3.63) is 47.6 Å². The van der Waals surface area contributed by atoms with Crippen LogP contribution in [0.25, 0.3) is 11.0 Å². The summed E-state index contributed by atoms with van der Waals surface area (Å²) in [5.74, 6) is 0.511. The van der Waals surface area contributed by atoms with Gasteiger partial charge in [-0.05, 0) is 25.2 Å². The number of ether oxygens (including phenoxy) is 1. The lowest BCUT2D eigenvalue weighted by atomic mass is 10.3. The van der Waals surface area contributed by atoms with Crippen molar-refractivity contribution in [1.29, 1.82) is 0 Å². The predicted molar refractivity (Wildman–Crippen MR) is 87.2 cm³/mol. The van der Waals surface area contributed by atoms with Crippen LogP contribution in [0.15, 0.2) is 42.7 Å². The first-order valence-electron chi connectivity index (χ1n) is 7.32. The third-order valence-corrected chi connectivity index (χ3v) is 3.31. The highest BCUT2D eigenvalue weighted by molar-refractivity contribution is 5.74. The molecule has 0 fully saturated rings. The van der Waals surface area contributed by atoms with Crippen molar-refractivity contribution in [2.24, 2.45) is 0 Å². The summed E-state index contributed by atoms with van der Waals surface area (Å²) < 4.78 is 6.81. The minimum atomic E-state index is -0.0297. The lowest BCUT2D eigenvalue weighted by Gasteiger charge is -2.08. The molecule has 3 rings (SSSR count). The molecule has 0 unspecified atom stereocenters. The molecule has 0 bridgehead atoms. The van der Waals surface area contributed by atoms with E-state index in [0.717, 1.165) is 4.73 Å². The SMILES string of the molecule is CNCCOc1ccc2c(c1)n(O)c(Nc1cccnc1)n[n+]2=O. The fraction of sp³-hybridized carbons (Fsp3) is 0.200. The molecule has 2 aromatic heterocycles. The molecule has 24 heavy (non-hydrogen) atoms. The number of nitrogens with one attached hydrogen (secondary N) is 2. The number of anilines is 2. The highest BCUT2D eigenvalue weighted by atomic mass is 16.5. The molecule has 0 radical (unpaired) electrons. The zero-order valence-electron chi connectivity index (χ0n) is 13.0. The number of benzene rings is 1. The van der Waals surface area contributed by atoms with Crippen LogP contribution in [0.4, 0.5) is 11.6 Å². The summed E-state index contributed by atoms with van der Waals surface area (Å²) >= 11 is 0. The molecular weight excluding hydrogens is 312 g/mol. The van der Waals surface area contributed by atoms with Gasteiger partial charge in [0.05, 0.1) is 21.9 Å². The van der Waals surface area contributed by atoms with E-state index < -0.39 is 0 Å². The molecular formula is C15H17N6O3+. The van der Waals surface area contributed by atoms with E-state index in [-0.39, 0.29) is 17.0 Å². The van der Waals surface area contributed by atoms with Crippen LogP contribution in [0, 0.1) is 4.91 Å². The zero-order chi connectivity index (χ0) is 16.9. The number of fused-ring (bicyclic) bond motifs is 1. The Labute approximate surface area is 137 Å². The first kappa shape index (κ1) is 15.7. The maximum Gasteiger partial charge on any atom is 0.322 e. The molecule has 0 aliphatic carbocycles. The molecule has 3 N–H and O–H groups in total. The van der Waals surface area contributed by atoms with Crippen LogP contribution in [-0.4, -0.2) is 40.2 Å². The number of hydrogen-bond acceptors (Lipinski definition) is 7. The maximum atomic E-state index is 12.1. The van der Waals surface area contributed by atoms with Gasteiger partial charge in [0.15, 0.2) is 10.1 Å². The topological polar surface area (TPSA) is 107 Å². The van der Waals surface area contributed by atoms with Gasteiger partial charge in [-0.3, -0.25) is 4.98 Å². The molecule has 0 aliphatic rings. The van der Waals surface area contributed by atoms with Crippen molar-refractivity contribution in [1.82, 2.24) is 20.1 Å². The Morgan fingerprint density at radius 2 is 2.25 bits per heavy atom. The molecule has 0 saturated carbocycles. The second kappa shape index (κ2) is 6.92. The minimum absolute atomic E-state index is 0.0297. The monoisotopic (exact) mass is 329 g/mol. The summed E-state index contributed by atoms with van der Waals surface area (Å²) in [6.45, 7) is 1.15. The number of pyridine rings is 1. The van der Waals surface area contributed by atoms with Crippen LogP contribution in [-0.2, 0) is 0 Å². The van der Waals surface area contributed by atoms with Gasteiger partial charge in [-0.15, -0.1) is 4.73 Å². The third-order valence-electron chi connectivity index (χ3n) is 3.31. The summed E-state index contributed by atoms with van der Waals surface area (Å²) in [6.07, 6.45) is 3.17. The first-order chi connectivity index (χ1) is 11.7.